The Kier molecular flexibility index (Phi) is 10.0. The van der Waals surface area contributed by atoms with Gasteiger partial charge >= 0.3 is 12.2 Å². The van der Waals surface area contributed by atoms with Crippen molar-refractivity contribution in [2.24, 2.45) is 23.7 Å². The predicted molar refractivity (Wildman–Crippen MR) is 222 cm³/mol. The van der Waals surface area contributed by atoms with Gasteiger partial charge in [0.1, 0.15) is 29.5 Å². The highest BCUT2D eigenvalue weighted by molar-refractivity contribution is 6.05. The number of halogens is 1. The van der Waals surface area contributed by atoms with Crippen LogP contribution in [0.4, 0.5) is 14.0 Å². The van der Waals surface area contributed by atoms with Gasteiger partial charge in [0.25, 0.3) is 0 Å². The molecule has 8 atom stereocenters. The lowest BCUT2D eigenvalue weighted by molar-refractivity contribution is -0.139. The van der Waals surface area contributed by atoms with Gasteiger partial charge in [-0.25, -0.2) is 23.9 Å². The molecule has 2 bridgehead atoms. The van der Waals surface area contributed by atoms with E-state index in [1.54, 1.807) is 12.3 Å². The van der Waals surface area contributed by atoms with Crippen LogP contribution in [0.2, 0.25) is 0 Å². The lowest BCUT2D eigenvalue weighted by Crippen LogP contribution is -2.54. The number of aromatic amines is 2. The summed E-state index contributed by atoms with van der Waals surface area (Å²) in [4.78, 5) is 72.5. The van der Waals surface area contributed by atoms with Gasteiger partial charge in [-0.2, -0.15) is 0 Å². The van der Waals surface area contributed by atoms with E-state index in [-0.39, 0.29) is 53.7 Å². The summed E-state index contributed by atoms with van der Waals surface area (Å²) in [5, 5.41) is 7.37. The Morgan fingerprint density at radius 1 is 0.783 bits per heavy atom. The summed E-state index contributed by atoms with van der Waals surface area (Å²) in [7, 11) is 2.57. The van der Waals surface area contributed by atoms with E-state index in [0.717, 1.165) is 65.3 Å². The minimum atomic E-state index is -0.742. The summed E-state index contributed by atoms with van der Waals surface area (Å²) in [6, 6.07) is 13.3. The zero-order chi connectivity index (χ0) is 42.1. The maximum atomic E-state index is 16.0. The quantitative estimate of drug-likeness (QED) is 0.113. The third-order valence-corrected chi connectivity index (χ3v) is 13.3. The largest absolute Gasteiger partial charge is 0.453 e. The lowest BCUT2D eigenvalue weighted by atomic mass is 9.95. The number of nitrogens with one attached hydrogen (secondary N) is 4. The summed E-state index contributed by atoms with van der Waals surface area (Å²) in [6.45, 7) is 7.59. The number of alkyl carbamates (subject to hydrolysis) is 2. The molecule has 4 fully saturated rings. The summed E-state index contributed by atoms with van der Waals surface area (Å²) in [5.74, 6) is 0.973. The minimum absolute atomic E-state index is 0.0856. The highest BCUT2D eigenvalue weighted by Gasteiger charge is 2.56. The van der Waals surface area contributed by atoms with Crippen molar-refractivity contribution in [3.63, 3.8) is 0 Å². The molecular weight excluding hydrogens is 768 g/mol. The molecular formula is C45H51FN8O6. The Hall–Kier alpha value is -5.99. The third-order valence-electron chi connectivity index (χ3n) is 13.3. The number of piperidine rings is 2. The van der Waals surface area contributed by atoms with Gasteiger partial charge in [0.15, 0.2) is 0 Å². The molecule has 0 radical (unpaired) electrons. The summed E-state index contributed by atoms with van der Waals surface area (Å²) >= 11 is 0. The van der Waals surface area contributed by atoms with Gasteiger partial charge in [-0.05, 0) is 96.6 Å². The highest BCUT2D eigenvalue weighted by Crippen LogP contribution is 2.54. The molecule has 2 aliphatic carbocycles. The number of likely N-dealkylation sites (tertiary alicyclic amines) is 2. The molecule has 4 aliphatic rings. The number of benzene rings is 3. The van der Waals surface area contributed by atoms with E-state index < -0.39 is 30.1 Å². The van der Waals surface area contributed by atoms with Crippen LogP contribution in [0.15, 0.2) is 54.7 Å². The minimum Gasteiger partial charge on any atom is -0.453 e. The normalized spacial score (nSPS) is 23.9. The maximum absolute atomic E-state index is 16.0. The first-order valence-electron chi connectivity index (χ1n) is 21.0. The van der Waals surface area contributed by atoms with Crippen molar-refractivity contribution in [3.05, 3.63) is 72.2 Å². The molecule has 4 amide bonds. The van der Waals surface area contributed by atoms with Crippen LogP contribution in [0.5, 0.6) is 0 Å². The molecule has 2 saturated heterocycles. The number of hydrogen-bond acceptors (Lipinski definition) is 8. The van der Waals surface area contributed by atoms with Gasteiger partial charge in [-0.1, -0.05) is 52.0 Å². The zero-order valence-corrected chi connectivity index (χ0v) is 34.6. The number of H-pyrrole nitrogens is 2. The molecule has 314 valence electrons. The molecule has 0 unspecified atom stereocenters. The smallest absolute Gasteiger partial charge is 0.407 e. The predicted octanol–water partition coefficient (Wildman–Crippen LogP) is 7.39. The molecule has 2 aromatic heterocycles. The average molecular weight is 819 g/mol. The highest BCUT2D eigenvalue weighted by atomic mass is 19.1. The monoisotopic (exact) mass is 818 g/mol. The number of nitrogens with zero attached hydrogens (tertiary/aromatic N) is 4. The number of aromatic nitrogens is 4. The van der Waals surface area contributed by atoms with E-state index in [1.807, 2.05) is 73.9 Å². The van der Waals surface area contributed by atoms with Crippen LogP contribution in [0.25, 0.3) is 44.2 Å². The number of imidazole rings is 2. The first-order valence-corrected chi connectivity index (χ1v) is 21.0. The molecule has 14 nitrogen and oxygen atoms in total. The van der Waals surface area contributed by atoms with Crippen molar-refractivity contribution in [1.82, 2.24) is 40.4 Å². The van der Waals surface area contributed by atoms with E-state index in [9.17, 15) is 19.2 Å². The van der Waals surface area contributed by atoms with Gasteiger partial charge in [-0.15, -0.1) is 0 Å². The van der Waals surface area contributed by atoms with Crippen LogP contribution in [0.3, 0.4) is 0 Å². The number of carbonyl (C=O) groups is 4. The van der Waals surface area contributed by atoms with Gasteiger partial charge in [0.2, 0.25) is 11.8 Å². The molecule has 5 aromatic rings. The number of rotatable bonds is 10. The molecule has 4 N–H and O–H groups in total. The zero-order valence-electron chi connectivity index (χ0n) is 34.6. The Bertz CT molecular complexity index is 2520. The second-order valence-electron chi connectivity index (χ2n) is 17.6. The summed E-state index contributed by atoms with van der Waals surface area (Å²) in [6.07, 6.45) is 4.81. The van der Waals surface area contributed by atoms with Gasteiger partial charge in [0.05, 0.1) is 49.2 Å². The number of carbonyl (C=O) groups excluding carboxylic acids is 4. The fourth-order valence-electron chi connectivity index (χ4n) is 10.1. The Labute approximate surface area is 347 Å². The van der Waals surface area contributed by atoms with Crippen LogP contribution in [-0.2, 0) is 19.1 Å². The van der Waals surface area contributed by atoms with Crippen molar-refractivity contribution in [2.75, 3.05) is 14.2 Å². The standard InChI is InChI=1S/C45H51FN8O6/c1-21(2)36(51-44(57)59-5)42(55)53-28-11-7-26(16-28)39(53)41-48-32-14-10-25-15-23(8-12-29(25)38(32)50-41)24-9-13-30(31(46)17-24)33-20-47-40(49-33)35-19-27-18-34(27)54(35)43(56)37(22(3)4)52-45(58)60-6/h8-10,12-15,17,20-22,26-28,34-37,39H,7,11,16,18-19H2,1-6H3,(H,47,49)(H,48,50)(H,51,57)(H,52,58)/t26-,27+,28+,34+,35-,36-,37-,39-/m0/s1. The average Bonchev–Trinajstić information content (AvgIpc) is 3.85. The van der Waals surface area contributed by atoms with Gasteiger partial charge in [-0.3, -0.25) is 9.59 Å². The molecule has 4 heterocycles. The lowest BCUT2D eigenvalue weighted by Gasteiger charge is -2.37. The number of methoxy groups -OCH3 is 2. The first-order chi connectivity index (χ1) is 28.8. The third kappa shape index (κ3) is 6.81. The number of amides is 4. The van der Waals surface area contributed by atoms with Crippen molar-refractivity contribution < 1.29 is 33.0 Å². The second kappa shape index (κ2) is 15.2. The summed E-state index contributed by atoms with van der Waals surface area (Å²) in [5.41, 5.74) is 4.11. The van der Waals surface area contributed by atoms with Crippen LogP contribution in [0.1, 0.15) is 83.5 Å². The Balaban J connectivity index is 0.949. The van der Waals surface area contributed by atoms with Crippen LogP contribution < -0.4 is 10.6 Å². The fourth-order valence-corrected chi connectivity index (χ4v) is 10.1. The maximum Gasteiger partial charge on any atom is 0.407 e. The molecule has 60 heavy (non-hydrogen) atoms. The molecule has 0 spiro atoms. The number of ether oxygens (including phenoxy) is 2. The molecule has 2 aliphatic heterocycles. The topological polar surface area (TPSA) is 175 Å². The molecule has 2 saturated carbocycles. The number of fused-ring (bicyclic) bond motifs is 6. The van der Waals surface area contributed by atoms with Crippen molar-refractivity contribution >= 4 is 45.8 Å². The first kappa shape index (κ1) is 39.5. The van der Waals surface area contributed by atoms with Crippen molar-refractivity contribution in [2.45, 2.75) is 96.1 Å². The fraction of sp³-hybridized carbons (Fsp3) is 0.467. The Morgan fingerprint density at radius 2 is 1.47 bits per heavy atom. The van der Waals surface area contributed by atoms with E-state index in [4.69, 9.17) is 14.5 Å². The van der Waals surface area contributed by atoms with Crippen LogP contribution in [0, 0.1) is 29.5 Å². The van der Waals surface area contributed by atoms with Crippen molar-refractivity contribution in [1.29, 1.82) is 0 Å². The molecule has 9 rings (SSSR count). The Morgan fingerprint density at radius 3 is 2.15 bits per heavy atom. The van der Waals surface area contributed by atoms with Crippen LogP contribution in [-0.4, -0.2) is 92.1 Å². The van der Waals surface area contributed by atoms with Crippen LogP contribution >= 0.6 is 0 Å². The second-order valence-corrected chi connectivity index (χ2v) is 17.6. The number of hydrogen-bond donors (Lipinski definition) is 4. The summed E-state index contributed by atoms with van der Waals surface area (Å²) < 4.78 is 25.6. The van der Waals surface area contributed by atoms with E-state index in [0.29, 0.717) is 28.6 Å². The van der Waals surface area contributed by atoms with E-state index >= 15 is 4.39 Å². The molecule has 3 aromatic carbocycles. The SMILES string of the molecule is COC(=O)N[C@H](C(=O)N1[C@@H]2CC[C@@H](C2)[C@H]1c1nc2ccc3cc(-c4ccc(-c5cnc([C@@H]6C[C@H]7C[C@H]7N6C(=O)[C@@H](NC(=O)OC)C(C)C)[nH]5)c(F)c4)ccc3c2[nH]1)C(C)C. The van der Waals surface area contributed by atoms with Gasteiger partial charge < -0.3 is 39.9 Å². The van der Waals surface area contributed by atoms with E-state index in [2.05, 4.69) is 25.6 Å². The van der Waals surface area contributed by atoms with E-state index in [1.165, 1.54) is 20.3 Å². The van der Waals surface area contributed by atoms with Gasteiger partial charge in [0, 0.05) is 23.0 Å². The van der Waals surface area contributed by atoms with Crippen molar-refractivity contribution in [3.8, 4) is 22.4 Å². The molecule has 15 heteroatoms.